The number of hydrogen-bond acceptors (Lipinski definition) is 5. The summed E-state index contributed by atoms with van der Waals surface area (Å²) in [7, 11) is 2.77. The summed E-state index contributed by atoms with van der Waals surface area (Å²) in [5.74, 6) is -0.565. The van der Waals surface area contributed by atoms with Crippen LogP contribution in [0.1, 0.15) is 54.1 Å². The Labute approximate surface area is 177 Å². The topological polar surface area (TPSA) is 80.8 Å². The van der Waals surface area contributed by atoms with Crippen molar-refractivity contribution in [3.8, 4) is 0 Å². The highest BCUT2D eigenvalue weighted by Crippen LogP contribution is 2.36. The molecule has 1 aromatic carbocycles. The van der Waals surface area contributed by atoms with Crippen molar-refractivity contribution >= 4 is 30.1 Å². The molecule has 2 heterocycles. The molecule has 158 valence electrons. The molecule has 7 nitrogen and oxygen atoms in total. The number of nitrogens with one attached hydrogen (secondary N) is 1. The van der Waals surface area contributed by atoms with Gasteiger partial charge >= 0.3 is 7.12 Å². The van der Waals surface area contributed by atoms with Crippen molar-refractivity contribution in [2.24, 2.45) is 0 Å². The number of benzene rings is 1. The number of aromatic nitrogens is 1. The summed E-state index contributed by atoms with van der Waals surface area (Å²) in [6.07, 6.45) is 1.46. The fourth-order valence-electron chi connectivity index (χ4n) is 3.30. The van der Waals surface area contributed by atoms with E-state index in [1.807, 2.05) is 52.8 Å². The van der Waals surface area contributed by atoms with Crippen LogP contribution in [0.4, 0.5) is 5.69 Å². The standard InChI is InChI=1S/C22H28BN3O4/c1-14-12-16(23-29-21(2,3)22(4,5)30-23)8-9-18(14)26(7)20(28)15-10-11-25-17(13-15)19(27)24-6/h8-13H,1-7H3,(H,24,27). The molecule has 30 heavy (non-hydrogen) atoms. The van der Waals surface area contributed by atoms with Gasteiger partial charge in [-0.3, -0.25) is 14.6 Å². The molecule has 0 bridgehead atoms. The highest BCUT2D eigenvalue weighted by atomic mass is 16.7. The lowest BCUT2D eigenvalue weighted by atomic mass is 9.78. The van der Waals surface area contributed by atoms with Gasteiger partial charge in [0.25, 0.3) is 11.8 Å². The molecule has 8 heteroatoms. The second-order valence-corrected chi connectivity index (χ2v) is 8.51. The van der Waals surface area contributed by atoms with Crippen molar-refractivity contribution < 1.29 is 18.9 Å². The van der Waals surface area contributed by atoms with Gasteiger partial charge in [0.1, 0.15) is 5.69 Å². The van der Waals surface area contributed by atoms with Crippen LogP contribution in [0.15, 0.2) is 36.5 Å². The van der Waals surface area contributed by atoms with Gasteiger partial charge in [0.05, 0.1) is 11.2 Å². The van der Waals surface area contributed by atoms with Crippen molar-refractivity contribution in [1.29, 1.82) is 0 Å². The maximum atomic E-state index is 13.0. The number of pyridine rings is 1. The minimum Gasteiger partial charge on any atom is -0.399 e. The number of carbonyl (C=O) groups is 2. The third-order valence-corrected chi connectivity index (χ3v) is 5.88. The zero-order chi connectivity index (χ0) is 22.3. The molecule has 1 aliphatic heterocycles. The van der Waals surface area contributed by atoms with Gasteiger partial charge in [-0.2, -0.15) is 0 Å². The smallest absolute Gasteiger partial charge is 0.399 e. The van der Waals surface area contributed by atoms with Crippen LogP contribution in [0.3, 0.4) is 0 Å². The monoisotopic (exact) mass is 409 g/mol. The highest BCUT2D eigenvalue weighted by Gasteiger charge is 2.51. The predicted molar refractivity (Wildman–Crippen MR) is 117 cm³/mol. The fourth-order valence-corrected chi connectivity index (χ4v) is 3.30. The normalized spacial score (nSPS) is 17.0. The summed E-state index contributed by atoms with van der Waals surface area (Å²) in [5, 5.41) is 2.51. The molecule has 0 spiro atoms. The summed E-state index contributed by atoms with van der Waals surface area (Å²) in [4.78, 5) is 30.4. The zero-order valence-electron chi connectivity index (χ0n) is 18.6. The van der Waals surface area contributed by atoms with Crippen LogP contribution in [0.5, 0.6) is 0 Å². The van der Waals surface area contributed by atoms with E-state index in [0.29, 0.717) is 5.56 Å². The number of hydrogen-bond donors (Lipinski definition) is 1. The summed E-state index contributed by atoms with van der Waals surface area (Å²) in [6, 6.07) is 8.86. The van der Waals surface area contributed by atoms with E-state index in [-0.39, 0.29) is 17.5 Å². The summed E-state index contributed by atoms with van der Waals surface area (Å²) in [6.45, 7) is 10.0. The zero-order valence-corrected chi connectivity index (χ0v) is 18.6. The van der Waals surface area contributed by atoms with Crippen LogP contribution in [0, 0.1) is 6.92 Å². The summed E-state index contributed by atoms with van der Waals surface area (Å²) < 4.78 is 12.2. The molecule has 0 atom stereocenters. The van der Waals surface area contributed by atoms with Crippen molar-refractivity contribution in [3.05, 3.63) is 53.3 Å². The van der Waals surface area contributed by atoms with Gasteiger partial charge in [-0.05, 0) is 63.8 Å². The first-order valence-electron chi connectivity index (χ1n) is 9.89. The van der Waals surface area contributed by atoms with Gasteiger partial charge in [-0.1, -0.05) is 12.1 Å². The van der Waals surface area contributed by atoms with Gasteiger partial charge in [-0.25, -0.2) is 0 Å². The maximum Gasteiger partial charge on any atom is 0.494 e. The molecule has 0 saturated carbocycles. The van der Waals surface area contributed by atoms with E-state index in [2.05, 4.69) is 10.3 Å². The van der Waals surface area contributed by atoms with Crippen molar-refractivity contribution in [2.75, 3.05) is 19.0 Å². The van der Waals surface area contributed by atoms with E-state index in [0.717, 1.165) is 16.7 Å². The molecule has 2 amide bonds. The number of rotatable bonds is 4. The van der Waals surface area contributed by atoms with Crippen molar-refractivity contribution in [2.45, 2.75) is 45.8 Å². The fraction of sp³-hybridized carbons (Fsp3) is 0.409. The SMILES string of the molecule is CNC(=O)c1cc(C(=O)N(C)c2ccc(B3OC(C)(C)C(C)(C)O3)cc2C)ccn1. The number of aryl methyl sites for hydroxylation is 1. The van der Waals surface area contributed by atoms with E-state index in [1.54, 1.807) is 18.0 Å². The Kier molecular flexibility index (Phi) is 5.75. The van der Waals surface area contributed by atoms with Crippen LogP contribution in [-0.2, 0) is 9.31 Å². The van der Waals surface area contributed by atoms with Crippen LogP contribution in [0.25, 0.3) is 0 Å². The van der Waals surface area contributed by atoms with E-state index in [9.17, 15) is 9.59 Å². The summed E-state index contributed by atoms with van der Waals surface area (Å²) in [5.41, 5.74) is 2.34. The van der Waals surface area contributed by atoms with E-state index in [4.69, 9.17) is 9.31 Å². The van der Waals surface area contributed by atoms with Gasteiger partial charge < -0.3 is 19.5 Å². The highest BCUT2D eigenvalue weighted by molar-refractivity contribution is 6.62. The minimum absolute atomic E-state index is 0.199. The summed E-state index contributed by atoms with van der Waals surface area (Å²) >= 11 is 0. The molecule has 1 N–H and O–H groups in total. The van der Waals surface area contributed by atoms with Crippen LogP contribution in [0.2, 0.25) is 0 Å². The van der Waals surface area contributed by atoms with Crippen molar-refractivity contribution in [1.82, 2.24) is 10.3 Å². The van der Waals surface area contributed by atoms with E-state index in [1.165, 1.54) is 19.3 Å². The van der Waals surface area contributed by atoms with Crippen molar-refractivity contribution in [3.63, 3.8) is 0 Å². The lowest BCUT2D eigenvalue weighted by molar-refractivity contribution is 0.00578. The molecule has 0 unspecified atom stereocenters. The van der Waals surface area contributed by atoms with Gasteiger partial charge in [0.15, 0.2) is 0 Å². The molecular weight excluding hydrogens is 381 g/mol. The number of nitrogens with zero attached hydrogens (tertiary/aromatic N) is 2. The molecule has 2 aromatic rings. The van der Waals surface area contributed by atoms with E-state index < -0.39 is 18.3 Å². The average Bonchev–Trinajstić information content (AvgIpc) is 2.93. The van der Waals surface area contributed by atoms with Gasteiger partial charge in [0.2, 0.25) is 0 Å². The van der Waals surface area contributed by atoms with Crippen LogP contribution >= 0.6 is 0 Å². The number of amides is 2. The van der Waals surface area contributed by atoms with E-state index >= 15 is 0 Å². The Morgan fingerprint density at radius 3 is 2.27 bits per heavy atom. The average molecular weight is 409 g/mol. The molecule has 1 aliphatic rings. The Hall–Kier alpha value is -2.71. The van der Waals surface area contributed by atoms with Crippen LogP contribution < -0.4 is 15.7 Å². The second-order valence-electron chi connectivity index (χ2n) is 8.51. The Morgan fingerprint density at radius 2 is 1.70 bits per heavy atom. The molecule has 3 rings (SSSR count). The first kappa shape index (κ1) is 22.0. The lowest BCUT2D eigenvalue weighted by Gasteiger charge is -2.32. The molecule has 1 aromatic heterocycles. The molecular formula is C22H28BN3O4. The largest absolute Gasteiger partial charge is 0.494 e. The van der Waals surface area contributed by atoms with Gasteiger partial charge in [0, 0.05) is 31.5 Å². The molecule has 0 aliphatic carbocycles. The third kappa shape index (κ3) is 3.97. The Bertz CT molecular complexity index is 974. The van der Waals surface area contributed by atoms with Gasteiger partial charge in [-0.15, -0.1) is 0 Å². The second kappa shape index (κ2) is 7.85. The third-order valence-electron chi connectivity index (χ3n) is 5.88. The molecule has 1 saturated heterocycles. The maximum absolute atomic E-state index is 13.0. The lowest BCUT2D eigenvalue weighted by Crippen LogP contribution is -2.41. The first-order valence-corrected chi connectivity index (χ1v) is 9.89. The minimum atomic E-state index is -0.459. The quantitative estimate of drug-likeness (QED) is 0.785. The number of anilines is 1. The Balaban J connectivity index is 1.83. The first-order chi connectivity index (χ1) is 14.0. The van der Waals surface area contributed by atoms with Crippen LogP contribution in [-0.4, -0.2) is 49.2 Å². The molecule has 1 fully saturated rings. The Morgan fingerprint density at radius 1 is 1.07 bits per heavy atom. The molecule has 0 radical (unpaired) electrons. The predicted octanol–water partition coefficient (Wildman–Crippen LogP) is 2.33. The number of carbonyl (C=O) groups excluding carboxylic acids is 2.